The predicted octanol–water partition coefficient (Wildman–Crippen LogP) is 1.62. The Hall–Kier alpha value is 0. The van der Waals surface area contributed by atoms with Crippen LogP contribution in [0.25, 0.3) is 0 Å². The van der Waals surface area contributed by atoms with Crippen LogP contribution in [0.15, 0.2) is 0 Å². The van der Waals surface area contributed by atoms with Gasteiger partial charge in [-0.05, 0) is 25.2 Å². The smallest absolute Gasteiger partial charge is 0.0325 e. The quantitative estimate of drug-likeness (QED) is 0.405. The van der Waals surface area contributed by atoms with Gasteiger partial charge in [0, 0.05) is 0 Å². The standard InChI is InChI=1S/C5H9/c1-5(2)3-4-5/h1,3-4H2,2H3. The van der Waals surface area contributed by atoms with Crippen LogP contribution < -0.4 is 0 Å². The summed E-state index contributed by atoms with van der Waals surface area (Å²) in [4.78, 5) is 0. The third-order valence-corrected chi connectivity index (χ3v) is 1.10. The highest BCUT2D eigenvalue weighted by Gasteiger charge is 2.30. The first-order valence-corrected chi connectivity index (χ1v) is 2.06. The Morgan fingerprint density at radius 2 is 1.80 bits per heavy atom. The zero-order valence-electron chi connectivity index (χ0n) is 3.62. The van der Waals surface area contributed by atoms with Crippen LogP contribution in [0.3, 0.4) is 0 Å². The first-order valence-electron chi connectivity index (χ1n) is 2.06. The molecule has 1 aliphatic rings. The van der Waals surface area contributed by atoms with E-state index in [9.17, 15) is 0 Å². The van der Waals surface area contributed by atoms with Crippen molar-refractivity contribution in [2.75, 3.05) is 0 Å². The van der Waals surface area contributed by atoms with Crippen LogP contribution in [0.4, 0.5) is 0 Å². The molecule has 0 heterocycles. The van der Waals surface area contributed by atoms with Crippen molar-refractivity contribution in [3.8, 4) is 0 Å². The highest BCUT2D eigenvalue weighted by Crippen LogP contribution is 2.43. The van der Waals surface area contributed by atoms with Crippen molar-refractivity contribution in [3.05, 3.63) is 6.92 Å². The summed E-state index contributed by atoms with van der Waals surface area (Å²) in [5, 5.41) is 0. The van der Waals surface area contributed by atoms with Crippen LogP contribution >= 0.6 is 0 Å². The van der Waals surface area contributed by atoms with Gasteiger partial charge in [-0.15, -0.1) is 0 Å². The molecule has 1 fully saturated rings. The second-order valence-electron chi connectivity index (χ2n) is 2.31. The summed E-state index contributed by atoms with van der Waals surface area (Å²) in [5.74, 6) is 0. The molecule has 0 amide bonds. The Balaban J connectivity index is 2.38. The van der Waals surface area contributed by atoms with Crippen LogP contribution in [0.2, 0.25) is 0 Å². The topological polar surface area (TPSA) is 0 Å². The molecular formula is C5H9. The molecule has 1 aliphatic carbocycles. The molecule has 0 aromatic rings. The van der Waals surface area contributed by atoms with Crippen LogP contribution in [-0.2, 0) is 0 Å². The van der Waals surface area contributed by atoms with Gasteiger partial charge in [0.25, 0.3) is 0 Å². The monoisotopic (exact) mass is 69.1 g/mol. The third-order valence-electron chi connectivity index (χ3n) is 1.10. The molecule has 0 atom stereocenters. The highest BCUT2D eigenvalue weighted by molar-refractivity contribution is 4.90. The van der Waals surface area contributed by atoms with Crippen LogP contribution in [0.1, 0.15) is 19.8 Å². The first-order chi connectivity index (χ1) is 2.21. The van der Waals surface area contributed by atoms with Gasteiger partial charge in [-0.25, -0.2) is 0 Å². The molecule has 29 valence electrons. The van der Waals surface area contributed by atoms with Crippen molar-refractivity contribution in [1.82, 2.24) is 0 Å². The minimum Gasteiger partial charge on any atom is -0.0596 e. The van der Waals surface area contributed by atoms with Gasteiger partial charge in [0.2, 0.25) is 0 Å². The van der Waals surface area contributed by atoms with Gasteiger partial charge in [0.15, 0.2) is 0 Å². The molecule has 1 rings (SSSR count). The lowest BCUT2D eigenvalue weighted by atomic mass is 10.2. The molecule has 0 bridgehead atoms. The second-order valence-corrected chi connectivity index (χ2v) is 2.31. The Morgan fingerprint density at radius 3 is 1.80 bits per heavy atom. The minimum absolute atomic E-state index is 0.500. The molecule has 0 heteroatoms. The van der Waals surface area contributed by atoms with E-state index in [1.165, 1.54) is 12.8 Å². The molecule has 1 saturated carbocycles. The van der Waals surface area contributed by atoms with Gasteiger partial charge in [-0.3, -0.25) is 0 Å². The largest absolute Gasteiger partial charge is 0.0596 e. The van der Waals surface area contributed by atoms with E-state index in [4.69, 9.17) is 0 Å². The lowest BCUT2D eigenvalue weighted by Gasteiger charge is -1.85. The maximum Gasteiger partial charge on any atom is -0.0325 e. The van der Waals surface area contributed by atoms with Crippen LogP contribution in [0.5, 0.6) is 0 Å². The van der Waals surface area contributed by atoms with Crippen molar-refractivity contribution in [3.63, 3.8) is 0 Å². The normalized spacial score (nSPS) is 30.0. The molecule has 0 aromatic carbocycles. The van der Waals surface area contributed by atoms with Gasteiger partial charge in [0.1, 0.15) is 0 Å². The fourth-order valence-corrected chi connectivity index (χ4v) is 0.213. The van der Waals surface area contributed by atoms with E-state index in [1.54, 1.807) is 0 Å². The number of rotatable bonds is 0. The summed E-state index contributed by atoms with van der Waals surface area (Å²) in [6.07, 6.45) is 2.68. The zero-order valence-corrected chi connectivity index (χ0v) is 3.62. The van der Waals surface area contributed by atoms with Crippen LogP contribution in [-0.4, -0.2) is 0 Å². The van der Waals surface area contributed by atoms with Crippen molar-refractivity contribution in [2.45, 2.75) is 19.8 Å². The zero-order chi connectivity index (χ0) is 3.91. The van der Waals surface area contributed by atoms with Crippen molar-refractivity contribution < 1.29 is 0 Å². The van der Waals surface area contributed by atoms with E-state index in [2.05, 4.69) is 13.8 Å². The van der Waals surface area contributed by atoms with Gasteiger partial charge in [-0.1, -0.05) is 6.92 Å². The predicted molar refractivity (Wildman–Crippen MR) is 22.7 cm³/mol. The van der Waals surface area contributed by atoms with Crippen molar-refractivity contribution in [1.29, 1.82) is 0 Å². The summed E-state index contributed by atoms with van der Waals surface area (Å²) in [6, 6.07) is 0. The second kappa shape index (κ2) is 0.562. The van der Waals surface area contributed by atoms with E-state index < -0.39 is 0 Å². The summed E-state index contributed by atoms with van der Waals surface area (Å²) >= 11 is 0. The minimum atomic E-state index is 0.500. The Bertz CT molecular complexity index is 38.0. The summed E-state index contributed by atoms with van der Waals surface area (Å²) in [5.41, 5.74) is 0.500. The Labute approximate surface area is 33.2 Å². The molecule has 0 nitrogen and oxygen atoms in total. The van der Waals surface area contributed by atoms with Gasteiger partial charge in [0.05, 0.1) is 0 Å². The Morgan fingerprint density at radius 1 is 1.60 bits per heavy atom. The molecule has 0 aromatic heterocycles. The first kappa shape index (κ1) is 3.20. The van der Waals surface area contributed by atoms with Gasteiger partial charge in [-0.2, -0.15) is 0 Å². The van der Waals surface area contributed by atoms with Crippen molar-refractivity contribution in [2.24, 2.45) is 5.41 Å². The number of hydrogen-bond acceptors (Lipinski definition) is 0. The van der Waals surface area contributed by atoms with Gasteiger partial charge < -0.3 is 0 Å². The van der Waals surface area contributed by atoms with Crippen molar-refractivity contribution >= 4 is 0 Å². The average molecular weight is 69.1 g/mol. The molecule has 1 radical (unpaired) electrons. The van der Waals surface area contributed by atoms with E-state index in [0.717, 1.165) is 0 Å². The summed E-state index contributed by atoms with van der Waals surface area (Å²) < 4.78 is 0. The van der Waals surface area contributed by atoms with E-state index >= 15 is 0 Å². The fourth-order valence-electron chi connectivity index (χ4n) is 0.213. The lowest BCUT2D eigenvalue weighted by Crippen LogP contribution is -1.76. The number of hydrogen-bond donors (Lipinski definition) is 0. The molecular weight excluding hydrogens is 60.1 g/mol. The Kier molecular flexibility index (Phi) is 0.360. The molecule has 0 aliphatic heterocycles. The molecule has 0 spiro atoms. The molecule has 0 saturated heterocycles. The van der Waals surface area contributed by atoms with E-state index in [-0.39, 0.29) is 0 Å². The molecule has 0 unspecified atom stereocenters. The maximum atomic E-state index is 3.88. The average Bonchev–Trinajstić information content (AvgIpc) is 1.76. The van der Waals surface area contributed by atoms with Gasteiger partial charge >= 0.3 is 0 Å². The maximum absolute atomic E-state index is 3.88. The third kappa shape index (κ3) is 0.640. The van der Waals surface area contributed by atoms with E-state index in [0.29, 0.717) is 5.41 Å². The highest BCUT2D eigenvalue weighted by atomic mass is 14.4. The lowest BCUT2D eigenvalue weighted by molar-refractivity contribution is 0.742. The molecule has 5 heavy (non-hydrogen) atoms. The summed E-state index contributed by atoms with van der Waals surface area (Å²) in [7, 11) is 0. The van der Waals surface area contributed by atoms with Crippen LogP contribution in [0, 0.1) is 12.3 Å². The SMILES string of the molecule is [CH2]C1(C)CC1. The van der Waals surface area contributed by atoms with E-state index in [1.807, 2.05) is 0 Å². The summed E-state index contributed by atoms with van der Waals surface area (Å²) in [6.45, 7) is 6.07. The fraction of sp³-hybridized carbons (Fsp3) is 0.800. The molecule has 0 N–H and O–H groups in total.